The van der Waals surface area contributed by atoms with Crippen molar-refractivity contribution in [3.05, 3.63) is 0 Å². The molecule has 14 heavy (non-hydrogen) atoms. The van der Waals surface area contributed by atoms with E-state index in [0.29, 0.717) is 5.25 Å². The highest BCUT2D eigenvalue weighted by molar-refractivity contribution is 8.06. The van der Waals surface area contributed by atoms with Crippen LogP contribution in [0, 0.1) is 0 Å². The van der Waals surface area contributed by atoms with Crippen molar-refractivity contribution in [2.45, 2.75) is 23.6 Å². The number of nitrogens with one attached hydrogen (secondary N) is 1. The van der Waals surface area contributed by atoms with Gasteiger partial charge in [0, 0.05) is 29.1 Å². The van der Waals surface area contributed by atoms with Gasteiger partial charge in [0.25, 0.3) is 0 Å². The third kappa shape index (κ3) is 2.58. The molecule has 2 fully saturated rings. The summed E-state index contributed by atoms with van der Waals surface area (Å²) in [7, 11) is 0. The van der Waals surface area contributed by atoms with Gasteiger partial charge in [-0.05, 0) is 12.8 Å². The average Bonchev–Trinajstić information content (AvgIpc) is 2.96. The van der Waals surface area contributed by atoms with Crippen LogP contribution in [0.15, 0.2) is 0 Å². The van der Waals surface area contributed by atoms with Crippen molar-refractivity contribution < 1.29 is 4.79 Å². The number of thioether (sulfide) groups is 2. The Bertz CT molecular complexity index is 225. The van der Waals surface area contributed by atoms with E-state index < -0.39 is 5.54 Å². The lowest BCUT2D eigenvalue weighted by Gasteiger charge is -2.21. The maximum absolute atomic E-state index is 11.5. The molecule has 0 aromatic heterocycles. The Morgan fingerprint density at radius 3 is 2.86 bits per heavy atom. The van der Waals surface area contributed by atoms with E-state index in [0.717, 1.165) is 25.1 Å². The summed E-state index contributed by atoms with van der Waals surface area (Å²) in [4.78, 5) is 11.5. The molecule has 80 valence electrons. The number of carbonyl (C=O) groups is 1. The second kappa shape index (κ2) is 4.33. The molecule has 0 radical (unpaired) electrons. The van der Waals surface area contributed by atoms with Crippen LogP contribution < -0.4 is 11.1 Å². The predicted octanol–water partition coefficient (Wildman–Crippen LogP) is 0.442. The molecule has 1 aliphatic carbocycles. The van der Waals surface area contributed by atoms with Crippen LogP contribution in [0.5, 0.6) is 0 Å². The number of carbonyl (C=O) groups excluding carboxylic acids is 1. The zero-order valence-corrected chi connectivity index (χ0v) is 9.76. The van der Waals surface area contributed by atoms with Crippen LogP contribution in [0.4, 0.5) is 0 Å². The number of hydrogen-bond donors (Lipinski definition) is 2. The fourth-order valence-corrected chi connectivity index (χ4v) is 4.01. The molecular weight excluding hydrogens is 216 g/mol. The van der Waals surface area contributed by atoms with Crippen molar-refractivity contribution in [2.75, 3.05) is 23.8 Å². The van der Waals surface area contributed by atoms with E-state index in [1.165, 1.54) is 11.5 Å². The van der Waals surface area contributed by atoms with Crippen LogP contribution in [0.1, 0.15) is 12.8 Å². The highest BCUT2D eigenvalue weighted by atomic mass is 32.2. The lowest BCUT2D eigenvalue weighted by molar-refractivity contribution is -0.123. The molecule has 3 N–H and O–H groups in total. The Balaban J connectivity index is 1.68. The van der Waals surface area contributed by atoms with Gasteiger partial charge >= 0.3 is 0 Å². The van der Waals surface area contributed by atoms with Crippen molar-refractivity contribution in [3.8, 4) is 0 Å². The molecule has 1 amide bonds. The van der Waals surface area contributed by atoms with Crippen molar-refractivity contribution in [2.24, 2.45) is 5.73 Å². The summed E-state index contributed by atoms with van der Waals surface area (Å²) in [6.45, 7) is 0.787. The van der Waals surface area contributed by atoms with Crippen LogP contribution in [0.3, 0.4) is 0 Å². The van der Waals surface area contributed by atoms with Gasteiger partial charge in [-0.3, -0.25) is 4.79 Å². The molecule has 1 heterocycles. The van der Waals surface area contributed by atoms with E-state index in [9.17, 15) is 4.79 Å². The van der Waals surface area contributed by atoms with E-state index in [1.54, 1.807) is 0 Å². The van der Waals surface area contributed by atoms with Gasteiger partial charge in [-0.15, -0.1) is 0 Å². The molecule has 2 aliphatic rings. The summed E-state index contributed by atoms with van der Waals surface area (Å²) in [5, 5.41) is 3.54. The third-order valence-corrected chi connectivity index (χ3v) is 5.46. The molecule has 1 unspecified atom stereocenters. The van der Waals surface area contributed by atoms with Gasteiger partial charge in [0.15, 0.2) is 0 Å². The molecule has 0 bridgehead atoms. The van der Waals surface area contributed by atoms with Gasteiger partial charge in [0.05, 0.1) is 5.54 Å². The smallest absolute Gasteiger partial charge is 0.240 e. The van der Waals surface area contributed by atoms with Gasteiger partial charge in [0.2, 0.25) is 5.91 Å². The Labute approximate surface area is 92.9 Å². The lowest BCUT2D eigenvalue weighted by atomic mass is 10.2. The minimum atomic E-state index is -0.507. The fourth-order valence-electron chi connectivity index (χ4n) is 1.40. The largest absolute Gasteiger partial charge is 0.353 e. The Morgan fingerprint density at radius 2 is 2.29 bits per heavy atom. The van der Waals surface area contributed by atoms with Crippen molar-refractivity contribution >= 4 is 29.4 Å². The zero-order chi connectivity index (χ0) is 10.0. The first-order chi connectivity index (χ1) is 6.71. The van der Waals surface area contributed by atoms with Gasteiger partial charge in [0.1, 0.15) is 0 Å². The molecule has 1 saturated heterocycles. The van der Waals surface area contributed by atoms with Crippen molar-refractivity contribution in [1.82, 2.24) is 5.32 Å². The molecule has 0 aromatic rings. The molecule has 1 saturated carbocycles. The van der Waals surface area contributed by atoms with Crippen molar-refractivity contribution in [3.63, 3.8) is 0 Å². The number of nitrogens with two attached hydrogens (primary N) is 1. The normalized spacial score (nSPS) is 29.6. The van der Waals surface area contributed by atoms with Gasteiger partial charge in [-0.25, -0.2) is 0 Å². The minimum Gasteiger partial charge on any atom is -0.353 e. The highest BCUT2D eigenvalue weighted by Crippen LogP contribution is 2.32. The van der Waals surface area contributed by atoms with Crippen LogP contribution in [0.2, 0.25) is 0 Å². The Hall–Kier alpha value is 0.130. The molecule has 1 atom stereocenters. The topological polar surface area (TPSA) is 55.1 Å². The number of rotatable bonds is 3. The fraction of sp³-hybridized carbons (Fsp3) is 0.889. The molecular formula is C9H16N2OS2. The van der Waals surface area contributed by atoms with Gasteiger partial charge in [-0.1, -0.05) is 0 Å². The van der Waals surface area contributed by atoms with Crippen LogP contribution in [0.25, 0.3) is 0 Å². The van der Waals surface area contributed by atoms with E-state index >= 15 is 0 Å². The zero-order valence-electron chi connectivity index (χ0n) is 8.12. The number of amides is 1. The SMILES string of the molecule is NC1(C(=O)NCC2CSCCS2)CC1. The van der Waals surface area contributed by atoms with Crippen LogP contribution in [-0.4, -0.2) is 40.5 Å². The van der Waals surface area contributed by atoms with Crippen molar-refractivity contribution in [1.29, 1.82) is 0 Å². The molecule has 3 nitrogen and oxygen atoms in total. The maximum atomic E-state index is 11.5. The highest BCUT2D eigenvalue weighted by Gasteiger charge is 2.45. The van der Waals surface area contributed by atoms with Gasteiger partial charge in [-0.2, -0.15) is 23.5 Å². The lowest BCUT2D eigenvalue weighted by Crippen LogP contribution is -2.45. The van der Waals surface area contributed by atoms with Crippen LogP contribution >= 0.6 is 23.5 Å². The average molecular weight is 232 g/mol. The summed E-state index contributed by atoms with van der Waals surface area (Å²) in [6, 6.07) is 0. The Kier molecular flexibility index (Phi) is 3.29. The quantitative estimate of drug-likeness (QED) is 0.741. The second-order valence-corrected chi connectivity index (χ2v) is 6.49. The first-order valence-corrected chi connectivity index (χ1v) is 7.18. The molecule has 5 heteroatoms. The number of hydrogen-bond acceptors (Lipinski definition) is 4. The van der Waals surface area contributed by atoms with Gasteiger partial charge < -0.3 is 11.1 Å². The predicted molar refractivity (Wildman–Crippen MR) is 62.7 cm³/mol. The standard InChI is InChI=1S/C9H16N2OS2/c10-9(1-2-9)8(12)11-5-7-6-13-3-4-14-7/h7H,1-6,10H2,(H,11,12). The molecule has 0 aromatic carbocycles. The second-order valence-electron chi connectivity index (χ2n) is 3.93. The summed E-state index contributed by atoms with van der Waals surface area (Å²) in [5.74, 6) is 3.66. The monoisotopic (exact) mass is 232 g/mol. The molecule has 0 spiro atoms. The summed E-state index contributed by atoms with van der Waals surface area (Å²) in [5.41, 5.74) is 5.27. The maximum Gasteiger partial charge on any atom is 0.240 e. The summed E-state index contributed by atoms with van der Waals surface area (Å²) >= 11 is 3.93. The molecule has 2 rings (SSSR count). The van der Waals surface area contributed by atoms with E-state index in [4.69, 9.17) is 5.73 Å². The van der Waals surface area contributed by atoms with E-state index in [1.807, 2.05) is 23.5 Å². The first kappa shape index (κ1) is 10.6. The van der Waals surface area contributed by atoms with E-state index in [2.05, 4.69) is 5.32 Å². The van der Waals surface area contributed by atoms with Crippen LogP contribution in [-0.2, 0) is 4.79 Å². The summed E-state index contributed by atoms with van der Waals surface area (Å²) < 4.78 is 0. The third-order valence-electron chi connectivity index (χ3n) is 2.62. The summed E-state index contributed by atoms with van der Waals surface area (Å²) in [6.07, 6.45) is 1.71. The molecule has 1 aliphatic heterocycles. The Morgan fingerprint density at radius 1 is 1.50 bits per heavy atom. The first-order valence-electron chi connectivity index (χ1n) is 4.97. The minimum absolute atomic E-state index is 0.0497. The van der Waals surface area contributed by atoms with E-state index in [-0.39, 0.29) is 5.91 Å².